The zero-order valence-corrected chi connectivity index (χ0v) is 18.8. The Morgan fingerprint density at radius 1 is 1.03 bits per heavy atom. The van der Waals surface area contributed by atoms with E-state index in [0.717, 1.165) is 10.6 Å². The van der Waals surface area contributed by atoms with Crippen LogP contribution in [-0.4, -0.2) is 56.1 Å². The summed E-state index contributed by atoms with van der Waals surface area (Å²) < 4.78 is 21.3. The summed E-state index contributed by atoms with van der Waals surface area (Å²) >= 11 is 1.45. The summed E-state index contributed by atoms with van der Waals surface area (Å²) in [5.74, 6) is 0.197. The summed E-state index contributed by atoms with van der Waals surface area (Å²) in [5.41, 5.74) is 0.369. The van der Waals surface area contributed by atoms with Gasteiger partial charge in [-0.3, -0.25) is 14.4 Å². The minimum atomic E-state index is -1.13. The first-order chi connectivity index (χ1) is 15.4. The lowest BCUT2D eigenvalue weighted by Gasteiger charge is -2.35. The maximum Gasteiger partial charge on any atom is 0.302 e. The molecule has 0 spiro atoms. The molecule has 0 aromatic heterocycles. The largest absolute Gasteiger partial charge is 0.497 e. The Morgan fingerprint density at radius 3 is 2.19 bits per heavy atom. The van der Waals surface area contributed by atoms with Crippen LogP contribution < -0.4 is 14.8 Å². The first kappa shape index (κ1) is 23.6. The molecular weight excluding hydrogens is 434 g/mol. The van der Waals surface area contributed by atoms with Crippen LogP contribution in [0.4, 0.5) is 0 Å². The maximum atomic E-state index is 12.7. The molecule has 3 rings (SSSR count). The second-order valence-corrected chi connectivity index (χ2v) is 8.37. The van der Waals surface area contributed by atoms with E-state index in [2.05, 4.69) is 5.32 Å². The number of ether oxygens (including phenoxy) is 4. The highest BCUT2D eigenvalue weighted by molar-refractivity contribution is 8.00. The van der Waals surface area contributed by atoms with E-state index < -0.39 is 24.2 Å². The molecule has 170 valence electrons. The van der Waals surface area contributed by atoms with Gasteiger partial charge >= 0.3 is 5.97 Å². The molecule has 0 aliphatic carbocycles. The highest BCUT2D eigenvalue weighted by atomic mass is 32.2. The standard InChI is InChI=1S/C23H25NO7S/c1-14(25)30-13-20-21(32-18-10-8-17(29-3)9-11-18)12-19(26)23(31-20)24-22(27)15-4-6-16(28-2)7-5-15/h4-11,20-21,23H,12-13H2,1-3H3,(H,24,27)/t20-,21?,23-/m1/s1. The van der Waals surface area contributed by atoms with Crippen LogP contribution in [0, 0.1) is 0 Å². The van der Waals surface area contributed by atoms with Crippen LogP contribution in [0.1, 0.15) is 23.7 Å². The summed E-state index contributed by atoms with van der Waals surface area (Å²) in [4.78, 5) is 37.6. The molecule has 1 amide bonds. The third-order valence-electron chi connectivity index (χ3n) is 4.83. The van der Waals surface area contributed by atoms with E-state index in [0.29, 0.717) is 11.3 Å². The quantitative estimate of drug-likeness (QED) is 0.602. The third kappa shape index (κ3) is 6.24. The smallest absolute Gasteiger partial charge is 0.302 e. The molecule has 9 heteroatoms. The molecule has 32 heavy (non-hydrogen) atoms. The van der Waals surface area contributed by atoms with Crippen LogP contribution in [0.5, 0.6) is 11.5 Å². The van der Waals surface area contributed by atoms with Crippen molar-refractivity contribution in [2.75, 3.05) is 20.8 Å². The number of esters is 1. The normalized spacial score (nSPS) is 20.3. The zero-order chi connectivity index (χ0) is 23.1. The van der Waals surface area contributed by atoms with Crippen molar-refractivity contribution >= 4 is 29.4 Å². The Labute approximate surface area is 190 Å². The minimum Gasteiger partial charge on any atom is -0.497 e. The number of ketones is 1. The maximum absolute atomic E-state index is 12.7. The monoisotopic (exact) mass is 459 g/mol. The number of carbonyl (C=O) groups excluding carboxylic acids is 3. The number of hydrogen-bond acceptors (Lipinski definition) is 8. The second-order valence-electron chi connectivity index (χ2n) is 7.06. The number of amides is 1. The fourth-order valence-corrected chi connectivity index (χ4v) is 4.31. The topological polar surface area (TPSA) is 100 Å². The van der Waals surface area contributed by atoms with Crippen LogP contribution in [0.25, 0.3) is 0 Å². The lowest BCUT2D eigenvalue weighted by molar-refractivity contribution is -0.156. The summed E-state index contributed by atoms with van der Waals surface area (Å²) in [7, 11) is 3.12. The van der Waals surface area contributed by atoms with Gasteiger partial charge in [-0.25, -0.2) is 0 Å². The van der Waals surface area contributed by atoms with Crippen molar-refractivity contribution in [3.8, 4) is 11.5 Å². The second kappa shape index (κ2) is 11.0. The van der Waals surface area contributed by atoms with Gasteiger partial charge < -0.3 is 24.3 Å². The number of nitrogens with one attached hydrogen (secondary N) is 1. The molecule has 0 radical (unpaired) electrons. The minimum absolute atomic E-state index is 0.0225. The van der Waals surface area contributed by atoms with Gasteiger partial charge in [-0.15, -0.1) is 11.8 Å². The molecule has 0 saturated carbocycles. The van der Waals surface area contributed by atoms with Gasteiger partial charge in [0.15, 0.2) is 12.0 Å². The van der Waals surface area contributed by atoms with Crippen molar-refractivity contribution in [2.24, 2.45) is 0 Å². The Morgan fingerprint density at radius 2 is 1.62 bits per heavy atom. The lowest BCUT2D eigenvalue weighted by atomic mass is 10.1. The van der Waals surface area contributed by atoms with E-state index in [1.165, 1.54) is 25.8 Å². The number of Topliss-reactive ketones (excluding diaryl/α,β-unsaturated/α-hetero) is 1. The predicted molar refractivity (Wildman–Crippen MR) is 118 cm³/mol. The van der Waals surface area contributed by atoms with E-state index in [1.54, 1.807) is 31.4 Å². The van der Waals surface area contributed by atoms with Crippen LogP contribution in [0.15, 0.2) is 53.4 Å². The van der Waals surface area contributed by atoms with Crippen molar-refractivity contribution in [1.82, 2.24) is 5.32 Å². The van der Waals surface area contributed by atoms with E-state index in [9.17, 15) is 14.4 Å². The number of methoxy groups -OCH3 is 2. The fraction of sp³-hybridized carbons (Fsp3) is 0.348. The van der Waals surface area contributed by atoms with Crippen molar-refractivity contribution < 1.29 is 33.3 Å². The summed E-state index contributed by atoms with van der Waals surface area (Å²) in [6, 6.07) is 13.9. The Bertz CT molecular complexity index is 946. The zero-order valence-electron chi connectivity index (χ0n) is 18.0. The molecule has 1 unspecified atom stereocenters. The van der Waals surface area contributed by atoms with Gasteiger partial charge in [0.25, 0.3) is 5.91 Å². The van der Waals surface area contributed by atoms with Gasteiger partial charge in [0.1, 0.15) is 24.2 Å². The third-order valence-corrected chi connectivity index (χ3v) is 6.15. The molecule has 1 fully saturated rings. The van der Waals surface area contributed by atoms with E-state index in [1.807, 2.05) is 24.3 Å². The van der Waals surface area contributed by atoms with Crippen molar-refractivity contribution in [2.45, 2.75) is 35.8 Å². The van der Waals surface area contributed by atoms with Gasteiger partial charge in [-0.05, 0) is 48.5 Å². The molecule has 2 aromatic carbocycles. The summed E-state index contributed by atoms with van der Waals surface area (Å²) in [5, 5.41) is 2.33. The molecule has 1 N–H and O–H groups in total. The van der Waals surface area contributed by atoms with Gasteiger partial charge in [0, 0.05) is 29.1 Å². The van der Waals surface area contributed by atoms with Crippen molar-refractivity contribution in [3.63, 3.8) is 0 Å². The lowest BCUT2D eigenvalue weighted by Crippen LogP contribution is -2.53. The molecule has 8 nitrogen and oxygen atoms in total. The van der Waals surface area contributed by atoms with Crippen LogP contribution >= 0.6 is 11.8 Å². The molecule has 1 heterocycles. The van der Waals surface area contributed by atoms with Gasteiger partial charge in [-0.1, -0.05) is 0 Å². The average molecular weight is 460 g/mol. The van der Waals surface area contributed by atoms with Crippen LogP contribution in [0.3, 0.4) is 0 Å². The molecule has 1 aliphatic rings. The van der Waals surface area contributed by atoms with E-state index in [-0.39, 0.29) is 24.1 Å². The molecule has 0 bridgehead atoms. The predicted octanol–water partition coefficient (Wildman–Crippen LogP) is 2.84. The van der Waals surface area contributed by atoms with E-state index in [4.69, 9.17) is 18.9 Å². The first-order valence-corrected chi connectivity index (χ1v) is 10.8. The van der Waals surface area contributed by atoms with Crippen LogP contribution in [0.2, 0.25) is 0 Å². The fourth-order valence-electron chi connectivity index (χ4n) is 3.13. The highest BCUT2D eigenvalue weighted by Crippen LogP contribution is 2.34. The molecular formula is C23H25NO7S. The van der Waals surface area contributed by atoms with Crippen molar-refractivity contribution in [3.05, 3.63) is 54.1 Å². The van der Waals surface area contributed by atoms with Crippen molar-refractivity contribution in [1.29, 1.82) is 0 Å². The molecule has 2 aromatic rings. The van der Waals surface area contributed by atoms with Gasteiger partial charge in [0.05, 0.1) is 14.2 Å². The van der Waals surface area contributed by atoms with Gasteiger partial charge in [-0.2, -0.15) is 0 Å². The molecule has 1 aliphatic heterocycles. The number of hydrogen-bond donors (Lipinski definition) is 1. The Kier molecular flexibility index (Phi) is 8.13. The highest BCUT2D eigenvalue weighted by Gasteiger charge is 2.39. The Balaban J connectivity index is 1.69. The average Bonchev–Trinajstić information content (AvgIpc) is 2.80. The summed E-state index contributed by atoms with van der Waals surface area (Å²) in [6.45, 7) is 1.29. The molecule has 3 atom stereocenters. The number of rotatable bonds is 8. The summed E-state index contributed by atoms with van der Waals surface area (Å²) in [6.07, 6.45) is -1.56. The van der Waals surface area contributed by atoms with Crippen LogP contribution in [-0.2, 0) is 19.1 Å². The first-order valence-electron chi connectivity index (χ1n) is 9.96. The molecule has 1 saturated heterocycles. The SMILES string of the molecule is COc1ccc(SC2CC(=O)[C@H](NC(=O)c3ccc(OC)cc3)O[C@@H]2COC(C)=O)cc1. The van der Waals surface area contributed by atoms with Gasteiger partial charge in [0.2, 0.25) is 0 Å². The number of thioether (sulfide) groups is 1. The number of carbonyl (C=O) groups is 3. The number of benzene rings is 2. The Hall–Kier alpha value is -3.04. The van der Waals surface area contributed by atoms with E-state index >= 15 is 0 Å².